The topological polar surface area (TPSA) is 58.7 Å². The second kappa shape index (κ2) is 6.43. The molecule has 2 aromatic rings. The monoisotopic (exact) mass is 323 g/mol. The Morgan fingerprint density at radius 2 is 1.75 bits per heavy atom. The normalized spacial score (nSPS) is 16.1. The van der Waals surface area contributed by atoms with Crippen LogP contribution in [0.25, 0.3) is 0 Å². The van der Waals surface area contributed by atoms with Gasteiger partial charge in [-0.1, -0.05) is 30.3 Å². The molecule has 0 unspecified atom stereocenters. The highest BCUT2D eigenvalue weighted by Crippen LogP contribution is 2.29. The van der Waals surface area contributed by atoms with Crippen LogP contribution in [0.2, 0.25) is 0 Å². The fourth-order valence-corrected chi connectivity index (χ4v) is 3.01. The van der Waals surface area contributed by atoms with Gasteiger partial charge < -0.3 is 4.90 Å². The van der Waals surface area contributed by atoms with Gasteiger partial charge in [0, 0.05) is 30.8 Å². The van der Waals surface area contributed by atoms with E-state index in [2.05, 4.69) is 30.9 Å². The fourth-order valence-electron chi connectivity index (χ4n) is 3.01. The largest absolute Gasteiger partial charge is 0.328 e. The molecule has 0 atom stereocenters. The van der Waals surface area contributed by atoms with Crippen LogP contribution in [0.5, 0.6) is 0 Å². The number of hydrogen-bond acceptors (Lipinski definition) is 4. The molecule has 0 radical (unpaired) electrons. The maximum absolute atomic E-state index is 10.8. The van der Waals surface area contributed by atoms with Crippen LogP contribution < -0.4 is 4.90 Å². The van der Waals surface area contributed by atoms with Gasteiger partial charge >= 0.3 is 0 Å². The van der Waals surface area contributed by atoms with E-state index in [1.165, 1.54) is 5.56 Å². The number of anilines is 1. The zero-order valence-electron chi connectivity index (χ0n) is 14.0. The minimum atomic E-state index is -0.373. The number of hydrogen-bond donors (Lipinski definition) is 0. The molecule has 1 heterocycles. The Morgan fingerprint density at radius 3 is 2.38 bits per heavy atom. The number of rotatable bonds is 5. The van der Waals surface area contributed by atoms with Crippen molar-refractivity contribution in [2.24, 2.45) is 4.99 Å². The number of benzene rings is 2. The molecule has 0 bridgehead atoms. The first-order valence-corrected chi connectivity index (χ1v) is 8.09. The molecule has 0 saturated carbocycles. The van der Waals surface area contributed by atoms with E-state index in [1.54, 1.807) is 24.3 Å². The Balaban J connectivity index is 1.78. The third kappa shape index (κ3) is 3.62. The highest BCUT2D eigenvalue weighted by Gasteiger charge is 2.31. The summed E-state index contributed by atoms with van der Waals surface area (Å²) in [5.74, 6) is 1.04. The van der Waals surface area contributed by atoms with Gasteiger partial charge in [0.15, 0.2) is 0 Å². The van der Waals surface area contributed by atoms with E-state index in [4.69, 9.17) is 4.99 Å². The van der Waals surface area contributed by atoms with Gasteiger partial charge in [-0.25, -0.2) is 0 Å². The standard InChI is InChI=1S/C19H21N3O2/c1-19(2)14-21(16-9-11-17(12-10-16)22(23)24)18(20-19)13-8-15-6-4-3-5-7-15/h3-7,9-12H,8,13-14H2,1-2H3. The van der Waals surface area contributed by atoms with Crippen molar-refractivity contribution in [2.75, 3.05) is 11.4 Å². The lowest BCUT2D eigenvalue weighted by atomic mass is 10.1. The predicted octanol–water partition coefficient (Wildman–Crippen LogP) is 4.22. The number of aliphatic imine (C=N–C) groups is 1. The number of amidine groups is 1. The maximum Gasteiger partial charge on any atom is 0.269 e. The van der Waals surface area contributed by atoms with Gasteiger partial charge in [-0.3, -0.25) is 15.1 Å². The summed E-state index contributed by atoms with van der Waals surface area (Å²) in [6.07, 6.45) is 1.78. The van der Waals surface area contributed by atoms with Crippen molar-refractivity contribution in [1.29, 1.82) is 0 Å². The molecule has 3 rings (SSSR count). The minimum absolute atomic E-state index is 0.111. The van der Waals surface area contributed by atoms with E-state index in [9.17, 15) is 10.1 Å². The fraction of sp³-hybridized carbons (Fsp3) is 0.316. The third-order valence-corrected chi connectivity index (χ3v) is 4.14. The first kappa shape index (κ1) is 16.2. The van der Waals surface area contributed by atoms with Crippen LogP contribution in [-0.4, -0.2) is 22.8 Å². The SMILES string of the molecule is CC1(C)CN(c2ccc([N+](=O)[O-])cc2)C(CCc2ccccc2)=N1. The van der Waals surface area contributed by atoms with Crippen LogP contribution in [0.4, 0.5) is 11.4 Å². The maximum atomic E-state index is 10.8. The Kier molecular flexibility index (Phi) is 4.34. The molecule has 5 nitrogen and oxygen atoms in total. The molecule has 0 N–H and O–H groups in total. The average Bonchev–Trinajstić information content (AvgIpc) is 2.89. The molecular formula is C19H21N3O2. The Morgan fingerprint density at radius 1 is 1.08 bits per heavy atom. The lowest BCUT2D eigenvalue weighted by Crippen LogP contribution is -2.32. The second-order valence-electron chi connectivity index (χ2n) is 6.69. The zero-order chi connectivity index (χ0) is 17.2. The van der Waals surface area contributed by atoms with Crippen molar-refractivity contribution in [3.05, 3.63) is 70.3 Å². The highest BCUT2D eigenvalue weighted by molar-refractivity contribution is 6.00. The number of nitrogens with zero attached hydrogens (tertiary/aromatic N) is 3. The molecular weight excluding hydrogens is 302 g/mol. The Hall–Kier alpha value is -2.69. The summed E-state index contributed by atoms with van der Waals surface area (Å²) in [5, 5.41) is 10.8. The smallest absolute Gasteiger partial charge is 0.269 e. The third-order valence-electron chi connectivity index (χ3n) is 4.14. The Labute approximate surface area is 141 Å². The van der Waals surface area contributed by atoms with Crippen molar-refractivity contribution in [1.82, 2.24) is 0 Å². The molecule has 1 aliphatic rings. The quantitative estimate of drug-likeness (QED) is 0.611. The van der Waals surface area contributed by atoms with Crippen molar-refractivity contribution < 1.29 is 4.92 Å². The van der Waals surface area contributed by atoms with Crippen LogP contribution >= 0.6 is 0 Å². The number of aryl methyl sites for hydroxylation is 1. The van der Waals surface area contributed by atoms with Crippen LogP contribution in [0.1, 0.15) is 25.8 Å². The molecule has 24 heavy (non-hydrogen) atoms. The summed E-state index contributed by atoms with van der Waals surface area (Å²) in [6.45, 7) is 5.01. The van der Waals surface area contributed by atoms with Crippen LogP contribution in [0.15, 0.2) is 59.6 Å². The lowest BCUT2D eigenvalue weighted by Gasteiger charge is -2.23. The summed E-state index contributed by atoms with van der Waals surface area (Å²) in [4.78, 5) is 17.5. The lowest BCUT2D eigenvalue weighted by molar-refractivity contribution is -0.384. The van der Waals surface area contributed by atoms with E-state index in [0.717, 1.165) is 30.9 Å². The molecule has 0 aliphatic carbocycles. The van der Waals surface area contributed by atoms with Gasteiger partial charge in [-0.15, -0.1) is 0 Å². The molecule has 1 aliphatic heterocycles. The first-order chi connectivity index (χ1) is 11.4. The molecule has 0 amide bonds. The minimum Gasteiger partial charge on any atom is -0.328 e. The summed E-state index contributed by atoms with van der Waals surface area (Å²) in [7, 11) is 0. The van der Waals surface area contributed by atoms with Gasteiger partial charge in [0.25, 0.3) is 5.69 Å². The van der Waals surface area contributed by atoms with Gasteiger partial charge in [-0.05, 0) is 38.0 Å². The molecule has 0 spiro atoms. The van der Waals surface area contributed by atoms with Crippen LogP contribution in [-0.2, 0) is 6.42 Å². The first-order valence-electron chi connectivity index (χ1n) is 8.09. The van der Waals surface area contributed by atoms with Gasteiger partial charge in [0.05, 0.1) is 10.5 Å². The van der Waals surface area contributed by atoms with E-state index in [1.807, 2.05) is 18.2 Å². The average molecular weight is 323 g/mol. The molecule has 0 fully saturated rings. The van der Waals surface area contributed by atoms with Gasteiger partial charge in [-0.2, -0.15) is 0 Å². The van der Waals surface area contributed by atoms with Crippen molar-refractivity contribution in [3.63, 3.8) is 0 Å². The van der Waals surface area contributed by atoms with E-state index >= 15 is 0 Å². The number of non-ortho nitro benzene ring substituents is 1. The Bertz CT molecular complexity index is 752. The zero-order valence-corrected chi connectivity index (χ0v) is 14.0. The molecule has 0 saturated heterocycles. The van der Waals surface area contributed by atoms with Crippen LogP contribution in [0, 0.1) is 10.1 Å². The molecule has 0 aromatic heterocycles. The second-order valence-corrected chi connectivity index (χ2v) is 6.69. The van der Waals surface area contributed by atoms with E-state index < -0.39 is 0 Å². The summed E-state index contributed by atoms with van der Waals surface area (Å²) in [5.41, 5.74) is 2.21. The van der Waals surface area contributed by atoms with Crippen LogP contribution in [0.3, 0.4) is 0 Å². The molecule has 124 valence electrons. The van der Waals surface area contributed by atoms with Crippen molar-refractivity contribution in [2.45, 2.75) is 32.2 Å². The summed E-state index contributed by atoms with van der Waals surface area (Å²) in [6, 6.07) is 17.1. The molecule has 5 heteroatoms. The predicted molar refractivity (Wildman–Crippen MR) is 96.7 cm³/mol. The number of nitro benzene ring substituents is 1. The molecule has 2 aromatic carbocycles. The van der Waals surface area contributed by atoms with E-state index in [-0.39, 0.29) is 16.1 Å². The number of nitro groups is 1. The summed E-state index contributed by atoms with van der Waals surface area (Å²) >= 11 is 0. The van der Waals surface area contributed by atoms with E-state index in [0.29, 0.717) is 0 Å². The highest BCUT2D eigenvalue weighted by atomic mass is 16.6. The summed E-state index contributed by atoms with van der Waals surface area (Å²) < 4.78 is 0. The van der Waals surface area contributed by atoms with Gasteiger partial charge in [0.2, 0.25) is 0 Å². The van der Waals surface area contributed by atoms with Crippen molar-refractivity contribution >= 4 is 17.2 Å². The van der Waals surface area contributed by atoms with Crippen molar-refractivity contribution in [3.8, 4) is 0 Å². The van der Waals surface area contributed by atoms with Gasteiger partial charge in [0.1, 0.15) is 5.84 Å².